The lowest BCUT2D eigenvalue weighted by molar-refractivity contribution is -0.132. The Hall–Kier alpha value is -1.54. The van der Waals surface area contributed by atoms with Crippen LogP contribution in [0.5, 0.6) is 0 Å². The van der Waals surface area contributed by atoms with E-state index in [1.807, 2.05) is 0 Å². The molecule has 1 amide bonds. The monoisotopic (exact) mass is 438 g/mol. The molecular weight excluding hydrogens is 410 g/mol. The lowest BCUT2D eigenvalue weighted by atomic mass is 9.53. The van der Waals surface area contributed by atoms with Gasteiger partial charge in [-0.3, -0.25) is 4.79 Å². The number of hydrogen-bond acceptors (Lipinski definition) is 3. The fraction of sp³-hybridized carbons (Fsp3) is 0.682. The maximum absolute atomic E-state index is 14.0. The Balaban J connectivity index is 1.23. The van der Waals surface area contributed by atoms with Gasteiger partial charge >= 0.3 is 0 Å². The van der Waals surface area contributed by atoms with Crippen LogP contribution < -0.4 is 5.32 Å². The summed E-state index contributed by atoms with van der Waals surface area (Å²) < 4.78 is 54.1. The van der Waals surface area contributed by atoms with Gasteiger partial charge in [0.1, 0.15) is 16.5 Å². The Labute approximate surface area is 176 Å². The minimum atomic E-state index is -4.12. The Kier molecular flexibility index (Phi) is 4.93. The lowest BCUT2D eigenvalue weighted by Gasteiger charge is -2.57. The summed E-state index contributed by atoms with van der Waals surface area (Å²) in [5, 5.41) is 3.38. The van der Waals surface area contributed by atoms with Crippen LogP contribution in [-0.2, 0) is 14.8 Å². The van der Waals surface area contributed by atoms with Gasteiger partial charge in [-0.15, -0.1) is 0 Å². The Morgan fingerprint density at radius 2 is 1.57 bits per heavy atom. The van der Waals surface area contributed by atoms with Crippen molar-refractivity contribution in [1.82, 2.24) is 9.62 Å². The molecule has 0 radical (unpaired) electrons. The molecular formula is C22H28F2N2O3S. The molecule has 6 rings (SSSR count). The zero-order valence-electron chi connectivity index (χ0n) is 16.9. The number of sulfonamides is 1. The third kappa shape index (κ3) is 3.55. The highest BCUT2D eigenvalue weighted by atomic mass is 32.2. The van der Waals surface area contributed by atoms with E-state index >= 15 is 0 Å². The van der Waals surface area contributed by atoms with Crippen LogP contribution >= 0.6 is 0 Å². The highest BCUT2D eigenvalue weighted by Gasteiger charge is 2.52. The van der Waals surface area contributed by atoms with Gasteiger partial charge in [-0.2, -0.15) is 4.31 Å². The second kappa shape index (κ2) is 7.26. The van der Waals surface area contributed by atoms with Crippen LogP contribution in [0.3, 0.4) is 0 Å². The first-order valence-corrected chi connectivity index (χ1v) is 12.5. The quantitative estimate of drug-likeness (QED) is 0.783. The normalized spacial score (nSPS) is 34.3. The number of halogens is 2. The van der Waals surface area contributed by atoms with Gasteiger partial charge in [0.05, 0.1) is 0 Å². The molecule has 1 saturated heterocycles. The van der Waals surface area contributed by atoms with Crippen LogP contribution in [0, 0.1) is 35.3 Å². The van der Waals surface area contributed by atoms with Gasteiger partial charge in [-0.25, -0.2) is 17.2 Å². The van der Waals surface area contributed by atoms with Crippen LogP contribution in [0.4, 0.5) is 8.78 Å². The molecule has 1 N–H and O–H groups in total. The molecule has 4 saturated carbocycles. The van der Waals surface area contributed by atoms with E-state index in [-0.39, 0.29) is 30.5 Å². The summed E-state index contributed by atoms with van der Waals surface area (Å²) in [6, 6.07) is 2.44. The van der Waals surface area contributed by atoms with Crippen molar-refractivity contribution in [3.8, 4) is 0 Å². The largest absolute Gasteiger partial charge is 0.350 e. The highest BCUT2D eigenvalue weighted by molar-refractivity contribution is 7.89. The number of hydrogen-bond donors (Lipinski definition) is 1. The Morgan fingerprint density at radius 3 is 2.13 bits per heavy atom. The summed E-state index contributed by atoms with van der Waals surface area (Å²) in [7, 11) is -4.12. The molecule has 5 nitrogen and oxygen atoms in total. The molecule has 0 unspecified atom stereocenters. The average Bonchev–Trinajstić information content (AvgIpc) is 2.68. The van der Waals surface area contributed by atoms with E-state index in [0.717, 1.165) is 55.2 Å². The molecule has 0 aromatic heterocycles. The molecule has 5 aliphatic rings. The van der Waals surface area contributed by atoms with E-state index in [2.05, 4.69) is 5.32 Å². The highest BCUT2D eigenvalue weighted by Crippen LogP contribution is 2.55. The van der Waals surface area contributed by atoms with Gasteiger partial charge in [0.15, 0.2) is 0 Å². The maximum Gasteiger partial charge on any atom is 0.246 e. The molecule has 5 fully saturated rings. The van der Waals surface area contributed by atoms with Crippen LogP contribution in [-0.4, -0.2) is 37.3 Å². The molecule has 4 aliphatic carbocycles. The smallest absolute Gasteiger partial charge is 0.246 e. The summed E-state index contributed by atoms with van der Waals surface area (Å²) in [6.07, 6.45) is 7.96. The van der Waals surface area contributed by atoms with Gasteiger partial charge in [0, 0.05) is 24.5 Å². The minimum Gasteiger partial charge on any atom is -0.350 e. The number of carbonyl (C=O) groups is 1. The second-order valence-electron chi connectivity index (χ2n) is 9.94. The average molecular weight is 439 g/mol. The maximum atomic E-state index is 14.0. The molecule has 1 aliphatic heterocycles. The van der Waals surface area contributed by atoms with E-state index in [4.69, 9.17) is 0 Å². The number of nitrogens with one attached hydrogen (secondary N) is 1. The SMILES string of the molecule is O=C(NC12CC3CC(CC(C3)C1)C2)C1CCN(S(=O)(=O)c2cc(F)ccc2F)CC1. The minimum absolute atomic E-state index is 0.0333. The summed E-state index contributed by atoms with van der Waals surface area (Å²) in [6.45, 7) is 0.272. The van der Waals surface area contributed by atoms with Crippen LogP contribution in [0.15, 0.2) is 23.1 Å². The summed E-state index contributed by atoms with van der Waals surface area (Å²) in [5.74, 6) is 0.268. The van der Waals surface area contributed by atoms with E-state index in [9.17, 15) is 22.0 Å². The fourth-order valence-corrected chi connectivity index (χ4v) is 8.35. The predicted molar refractivity (Wildman–Crippen MR) is 107 cm³/mol. The summed E-state index contributed by atoms with van der Waals surface area (Å²) >= 11 is 0. The lowest BCUT2D eigenvalue weighted by Crippen LogP contribution is -2.61. The van der Waals surface area contributed by atoms with E-state index < -0.39 is 26.6 Å². The van der Waals surface area contributed by atoms with Gasteiger partial charge in [0.25, 0.3) is 0 Å². The molecule has 8 heteroatoms. The van der Waals surface area contributed by atoms with Crippen molar-refractivity contribution >= 4 is 15.9 Å². The first-order chi connectivity index (χ1) is 14.2. The van der Waals surface area contributed by atoms with Crippen LogP contribution in [0.1, 0.15) is 51.4 Å². The molecule has 1 aromatic rings. The second-order valence-corrected chi connectivity index (χ2v) is 11.8. The van der Waals surface area contributed by atoms with E-state index in [0.29, 0.717) is 12.8 Å². The van der Waals surface area contributed by atoms with Crippen LogP contribution in [0.2, 0.25) is 0 Å². The standard InChI is InChI=1S/C22H28F2N2O3S/c23-18-1-2-19(24)20(10-18)30(28,29)26-5-3-17(4-6-26)21(27)25-22-11-14-7-15(12-22)9-16(8-14)13-22/h1-2,10,14-17H,3-9,11-13H2,(H,25,27). The third-order valence-electron chi connectivity index (χ3n) is 7.76. The summed E-state index contributed by atoms with van der Waals surface area (Å²) in [4.78, 5) is 12.4. The van der Waals surface area contributed by atoms with E-state index in [1.165, 1.54) is 23.6 Å². The molecule has 0 spiro atoms. The van der Waals surface area contributed by atoms with Gasteiger partial charge in [-0.05, 0) is 87.3 Å². The van der Waals surface area contributed by atoms with Gasteiger partial charge in [0.2, 0.25) is 15.9 Å². The molecule has 0 atom stereocenters. The van der Waals surface area contributed by atoms with Crippen molar-refractivity contribution in [2.75, 3.05) is 13.1 Å². The van der Waals surface area contributed by atoms with Crippen molar-refractivity contribution in [2.24, 2.45) is 23.7 Å². The number of benzene rings is 1. The zero-order valence-corrected chi connectivity index (χ0v) is 17.8. The predicted octanol–water partition coefficient (Wildman–Crippen LogP) is 3.45. The summed E-state index contributed by atoms with van der Waals surface area (Å²) in [5.41, 5.74) is -0.0558. The van der Waals surface area contributed by atoms with Crippen molar-refractivity contribution in [3.63, 3.8) is 0 Å². The molecule has 30 heavy (non-hydrogen) atoms. The van der Waals surface area contributed by atoms with E-state index in [1.54, 1.807) is 0 Å². The van der Waals surface area contributed by atoms with Gasteiger partial charge < -0.3 is 5.32 Å². The molecule has 164 valence electrons. The number of rotatable bonds is 4. The molecule has 4 bridgehead atoms. The topological polar surface area (TPSA) is 66.5 Å². The molecule has 1 aromatic carbocycles. The number of amides is 1. The van der Waals surface area contributed by atoms with Crippen molar-refractivity contribution in [1.29, 1.82) is 0 Å². The number of piperidine rings is 1. The first kappa shape index (κ1) is 20.4. The van der Waals surface area contributed by atoms with Gasteiger partial charge in [-0.1, -0.05) is 0 Å². The molecule has 1 heterocycles. The van der Waals surface area contributed by atoms with Crippen molar-refractivity contribution in [2.45, 2.75) is 61.8 Å². The first-order valence-electron chi connectivity index (χ1n) is 11.0. The van der Waals surface area contributed by atoms with Crippen molar-refractivity contribution in [3.05, 3.63) is 29.8 Å². The number of nitrogens with zero attached hydrogens (tertiary/aromatic N) is 1. The Bertz CT molecular complexity index is 922. The third-order valence-corrected chi connectivity index (χ3v) is 9.68. The van der Waals surface area contributed by atoms with Crippen LogP contribution in [0.25, 0.3) is 0 Å². The Morgan fingerprint density at radius 1 is 1.00 bits per heavy atom. The number of carbonyl (C=O) groups excluding carboxylic acids is 1. The van der Waals surface area contributed by atoms with Crippen molar-refractivity contribution < 1.29 is 22.0 Å². The zero-order chi connectivity index (χ0) is 21.1. The fourth-order valence-electron chi connectivity index (χ4n) is 6.80.